The van der Waals surface area contributed by atoms with Gasteiger partial charge in [0.1, 0.15) is 6.33 Å². The average Bonchev–Trinajstić information content (AvgIpc) is 3.18. The standard InChI is InChI=1S/C18H11BrN4O/c19-11-7-5-10(6-8-11)16-14-15(22-18-20-9-21-23(16)18)12-3-1-2-4-13(12)17(14)24/h1-9,14,16H/t14?,16-/m0/s1. The lowest BCUT2D eigenvalue weighted by molar-refractivity contribution is 0.0938. The number of Topliss-reactive ketones (excluding diaryl/α,β-unsaturated/α-hetero) is 1. The summed E-state index contributed by atoms with van der Waals surface area (Å²) in [6, 6.07) is 15.4. The number of fused-ring (bicyclic) bond motifs is 4. The van der Waals surface area contributed by atoms with Gasteiger partial charge >= 0.3 is 0 Å². The van der Waals surface area contributed by atoms with E-state index in [-0.39, 0.29) is 17.7 Å². The van der Waals surface area contributed by atoms with Crippen LogP contribution in [0, 0.1) is 5.92 Å². The number of hydrogen-bond acceptors (Lipinski definition) is 4. The maximum absolute atomic E-state index is 13.1. The summed E-state index contributed by atoms with van der Waals surface area (Å²) in [6.07, 6.45) is 1.49. The van der Waals surface area contributed by atoms with Crippen molar-refractivity contribution in [1.82, 2.24) is 14.8 Å². The minimum absolute atomic E-state index is 0.0958. The normalized spacial score (nSPS) is 21.0. The fourth-order valence-corrected chi connectivity index (χ4v) is 3.83. The minimum Gasteiger partial charge on any atom is -0.293 e. The number of carbonyl (C=O) groups excluding carboxylic acids is 1. The molecular formula is C18H11BrN4O. The third-order valence-corrected chi connectivity index (χ3v) is 5.14. The van der Waals surface area contributed by atoms with E-state index in [2.05, 4.69) is 31.0 Å². The van der Waals surface area contributed by atoms with E-state index >= 15 is 0 Å². The molecule has 2 heterocycles. The highest BCUT2D eigenvalue weighted by Gasteiger charge is 2.46. The number of hydrogen-bond donors (Lipinski definition) is 0. The maximum atomic E-state index is 13.1. The van der Waals surface area contributed by atoms with E-state index in [0.717, 1.165) is 26.9 Å². The van der Waals surface area contributed by atoms with Gasteiger partial charge in [0.25, 0.3) is 0 Å². The van der Waals surface area contributed by atoms with Crippen LogP contribution in [0.3, 0.4) is 0 Å². The average molecular weight is 379 g/mol. The highest BCUT2D eigenvalue weighted by Crippen LogP contribution is 2.42. The molecule has 1 aromatic heterocycles. The lowest BCUT2D eigenvalue weighted by Crippen LogP contribution is -2.32. The van der Waals surface area contributed by atoms with Crippen LogP contribution in [-0.2, 0) is 0 Å². The highest BCUT2D eigenvalue weighted by atomic mass is 79.9. The second kappa shape index (κ2) is 4.95. The zero-order chi connectivity index (χ0) is 16.3. The van der Waals surface area contributed by atoms with Crippen LogP contribution in [0.5, 0.6) is 0 Å². The van der Waals surface area contributed by atoms with Crippen LogP contribution in [0.1, 0.15) is 27.5 Å². The van der Waals surface area contributed by atoms with Gasteiger partial charge in [0.15, 0.2) is 5.78 Å². The number of halogens is 1. The predicted octanol–water partition coefficient (Wildman–Crippen LogP) is 3.58. The van der Waals surface area contributed by atoms with Gasteiger partial charge in [0.05, 0.1) is 17.7 Å². The molecule has 24 heavy (non-hydrogen) atoms. The van der Waals surface area contributed by atoms with Crippen LogP contribution in [0.15, 0.2) is 64.3 Å². The number of carbonyl (C=O) groups is 1. The van der Waals surface area contributed by atoms with Crippen LogP contribution >= 0.6 is 15.9 Å². The molecule has 0 spiro atoms. The number of ketones is 1. The van der Waals surface area contributed by atoms with E-state index in [4.69, 9.17) is 0 Å². The smallest absolute Gasteiger partial charge is 0.248 e. The Bertz CT molecular complexity index is 1010. The topological polar surface area (TPSA) is 60.1 Å². The molecule has 1 aliphatic carbocycles. The maximum Gasteiger partial charge on any atom is 0.248 e. The highest BCUT2D eigenvalue weighted by molar-refractivity contribution is 9.10. The molecule has 0 amide bonds. The van der Waals surface area contributed by atoms with Gasteiger partial charge in [-0.2, -0.15) is 10.1 Å². The molecule has 2 aliphatic rings. The molecule has 0 saturated heterocycles. The first-order valence-corrected chi connectivity index (χ1v) is 8.40. The molecule has 0 N–H and O–H groups in total. The summed E-state index contributed by atoms with van der Waals surface area (Å²) < 4.78 is 2.75. The molecule has 0 bridgehead atoms. The van der Waals surface area contributed by atoms with E-state index in [0.29, 0.717) is 5.95 Å². The Morgan fingerprint density at radius 2 is 1.75 bits per heavy atom. The van der Waals surface area contributed by atoms with Gasteiger partial charge in [-0.05, 0) is 17.7 Å². The number of benzene rings is 2. The SMILES string of the molecule is O=C1c2ccccc2C2=Nc3ncnn3[C@@H](c3ccc(Br)cc3)C12. The molecule has 3 aromatic rings. The number of rotatable bonds is 1. The summed E-state index contributed by atoms with van der Waals surface area (Å²) in [5, 5.41) is 4.33. The third kappa shape index (κ3) is 1.80. The van der Waals surface area contributed by atoms with Gasteiger partial charge in [-0.15, -0.1) is 0 Å². The van der Waals surface area contributed by atoms with Gasteiger partial charge in [0, 0.05) is 15.6 Å². The van der Waals surface area contributed by atoms with E-state index in [1.165, 1.54) is 6.33 Å². The first-order chi connectivity index (χ1) is 11.7. The summed E-state index contributed by atoms with van der Waals surface area (Å²) in [6.45, 7) is 0. The minimum atomic E-state index is -0.363. The van der Waals surface area contributed by atoms with Crippen molar-refractivity contribution in [3.63, 3.8) is 0 Å². The van der Waals surface area contributed by atoms with Gasteiger partial charge in [0.2, 0.25) is 5.95 Å². The lowest BCUT2D eigenvalue weighted by atomic mass is 9.87. The monoisotopic (exact) mass is 378 g/mol. The Balaban J connectivity index is 1.76. The summed E-state index contributed by atoms with van der Waals surface area (Å²) in [5.41, 5.74) is 3.45. The molecule has 0 radical (unpaired) electrons. The number of nitrogens with zero attached hydrogens (tertiary/aromatic N) is 4. The molecule has 2 atom stereocenters. The quantitative estimate of drug-likeness (QED) is 0.650. The zero-order valence-corrected chi connectivity index (χ0v) is 14.0. The van der Waals surface area contributed by atoms with E-state index in [1.807, 2.05) is 48.5 Å². The number of aromatic nitrogens is 3. The van der Waals surface area contributed by atoms with Crippen LogP contribution in [-0.4, -0.2) is 26.3 Å². The van der Waals surface area contributed by atoms with Crippen LogP contribution < -0.4 is 0 Å². The second-order valence-corrected chi connectivity index (χ2v) is 6.80. The first kappa shape index (κ1) is 13.8. The van der Waals surface area contributed by atoms with Crippen molar-refractivity contribution >= 4 is 33.4 Å². The van der Waals surface area contributed by atoms with Gasteiger partial charge < -0.3 is 0 Å². The molecule has 0 saturated carbocycles. The fourth-order valence-electron chi connectivity index (χ4n) is 3.57. The van der Waals surface area contributed by atoms with E-state index < -0.39 is 0 Å². The molecule has 5 rings (SSSR count). The second-order valence-electron chi connectivity index (χ2n) is 5.89. The third-order valence-electron chi connectivity index (χ3n) is 4.61. The summed E-state index contributed by atoms with van der Waals surface area (Å²) in [4.78, 5) is 21.9. The summed E-state index contributed by atoms with van der Waals surface area (Å²) in [7, 11) is 0. The number of aliphatic imine (C=N–C) groups is 1. The van der Waals surface area contributed by atoms with Crippen molar-refractivity contribution < 1.29 is 4.79 Å². The predicted molar refractivity (Wildman–Crippen MR) is 92.8 cm³/mol. The Morgan fingerprint density at radius 1 is 1.00 bits per heavy atom. The van der Waals surface area contributed by atoms with Crippen LogP contribution in [0.4, 0.5) is 5.95 Å². The van der Waals surface area contributed by atoms with Crippen molar-refractivity contribution in [3.8, 4) is 0 Å². The summed E-state index contributed by atoms with van der Waals surface area (Å²) in [5.74, 6) is 0.273. The van der Waals surface area contributed by atoms with Crippen molar-refractivity contribution in [2.75, 3.05) is 0 Å². The van der Waals surface area contributed by atoms with Crippen molar-refractivity contribution in [1.29, 1.82) is 0 Å². The van der Waals surface area contributed by atoms with Gasteiger partial charge in [-0.25, -0.2) is 9.67 Å². The first-order valence-electron chi connectivity index (χ1n) is 7.61. The zero-order valence-electron chi connectivity index (χ0n) is 12.4. The van der Waals surface area contributed by atoms with Crippen LogP contribution in [0.2, 0.25) is 0 Å². The van der Waals surface area contributed by atoms with Crippen molar-refractivity contribution in [3.05, 3.63) is 76.0 Å². The van der Waals surface area contributed by atoms with Gasteiger partial charge in [-0.3, -0.25) is 4.79 Å². The van der Waals surface area contributed by atoms with Crippen molar-refractivity contribution in [2.45, 2.75) is 6.04 Å². The Hall–Kier alpha value is -2.60. The molecule has 5 nitrogen and oxygen atoms in total. The summed E-state index contributed by atoms with van der Waals surface area (Å²) >= 11 is 3.46. The van der Waals surface area contributed by atoms with E-state index in [1.54, 1.807) is 4.68 Å². The molecule has 1 unspecified atom stereocenters. The molecular weight excluding hydrogens is 368 g/mol. The van der Waals surface area contributed by atoms with Crippen molar-refractivity contribution in [2.24, 2.45) is 10.9 Å². The lowest BCUT2D eigenvalue weighted by Gasteiger charge is -2.27. The largest absolute Gasteiger partial charge is 0.293 e. The molecule has 116 valence electrons. The Kier molecular flexibility index (Phi) is 2.84. The molecule has 6 heteroatoms. The Morgan fingerprint density at radius 3 is 2.54 bits per heavy atom. The molecule has 1 aliphatic heterocycles. The fraction of sp³-hybridized carbons (Fsp3) is 0.111. The Labute approximate surface area is 146 Å². The van der Waals surface area contributed by atoms with E-state index in [9.17, 15) is 4.79 Å². The van der Waals surface area contributed by atoms with Gasteiger partial charge in [-0.1, -0.05) is 52.3 Å². The van der Waals surface area contributed by atoms with Crippen LogP contribution in [0.25, 0.3) is 0 Å². The molecule has 0 fully saturated rings. The molecule has 2 aromatic carbocycles.